The fraction of sp³-hybridized carbons (Fsp3) is 0.778. The van der Waals surface area contributed by atoms with Gasteiger partial charge in [-0.15, -0.1) is 0 Å². The Morgan fingerprint density at radius 3 is 2.77 bits per heavy atom. The van der Waals surface area contributed by atoms with E-state index in [1.807, 2.05) is 6.92 Å². The molecule has 0 N–H and O–H groups in total. The van der Waals surface area contributed by atoms with Gasteiger partial charge in [0.05, 0.1) is 38.4 Å². The minimum absolute atomic E-state index is 0.0443. The van der Waals surface area contributed by atoms with Crippen LogP contribution < -0.4 is 0 Å². The van der Waals surface area contributed by atoms with Crippen LogP contribution in [-0.4, -0.2) is 39.7 Å². The zero-order valence-corrected chi connectivity index (χ0v) is 8.19. The number of aliphatic imine (C=N–C) groups is 1. The van der Waals surface area contributed by atoms with Crippen molar-refractivity contribution in [1.82, 2.24) is 0 Å². The summed E-state index contributed by atoms with van der Waals surface area (Å²) < 4.78 is 10.3. The van der Waals surface area contributed by atoms with Gasteiger partial charge in [-0.2, -0.15) is 5.26 Å². The van der Waals surface area contributed by atoms with Crippen molar-refractivity contribution in [1.29, 1.82) is 5.26 Å². The molecule has 0 aromatic heterocycles. The number of rotatable bonds is 7. The van der Waals surface area contributed by atoms with Gasteiger partial charge in [0.1, 0.15) is 0 Å². The summed E-state index contributed by atoms with van der Waals surface area (Å²) >= 11 is 0. The van der Waals surface area contributed by atoms with E-state index in [4.69, 9.17) is 14.7 Å². The van der Waals surface area contributed by atoms with Crippen LogP contribution >= 0.6 is 0 Å². The molecular weight excluding hydrogens is 168 g/mol. The Hall–Kier alpha value is -0.920. The van der Waals surface area contributed by atoms with Crippen LogP contribution in [0.1, 0.15) is 6.92 Å². The Kier molecular flexibility index (Phi) is 8.52. The first-order chi connectivity index (χ1) is 6.31. The van der Waals surface area contributed by atoms with Crippen molar-refractivity contribution in [2.75, 3.05) is 33.5 Å². The highest BCUT2D eigenvalue weighted by molar-refractivity contribution is 5.58. The van der Waals surface area contributed by atoms with E-state index in [0.717, 1.165) is 0 Å². The summed E-state index contributed by atoms with van der Waals surface area (Å²) in [7, 11) is 1.70. The van der Waals surface area contributed by atoms with Crippen molar-refractivity contribution in [3.8, 4) is 6.07 Å². The molecular formula is C9H16N2O2. The second-order valence-corrected chi connectivity index (χ2v) is 2.62. The average Bonchev–Trinajstić information content (AvgIpc) is 2.16. The lowest BCUT2D eigenvalue weighted by Crippen LogP contribution is -2.10. The molecule has 0 saturated heterocycles. The summed E-state index contributed by atoms with van der Waals surface area (Å²) in [6.07, 6.45) is 1.69. The molecule has 4 nitrogen and oxygen atoms in total. The summed E-state index contributed by atoms with van der Waals surface area (Å²) in [5, 5.41) is 8.43. The Balaban J connectivity index is 3.05. The molecule has 0 amide bonds. The van der Waals surface area contributed by atoms with Crippen LogP contribution in [-0.2, 0) is 9.47 Å². The standard InChI is InChI=1S/C9H16N2O2/c1-9(7-10)8-13-6-5-12-4-3-11-2/h3,9H,4-6,8H2,1-2H3. The van der Waals surface area contributed by atoms with Crippen molar-refractivity contribution >= 4 is 6.21 Å². The first-order valence-electron chi connectivity index (χ1n) is 4.27. The number of nitriles is 1. The second-order valence-electron chi connectivity index (χ2n) is 2.62. The average molecular weight is 184 g/mol. The SMILES string of the molecule is CN=CCOCCOCC(C)C#N. The Morgan fingerprint density at radius 2 is 2.15 bits per heavy atom. The highest BCUT2D eigenvalue weighted by Gasteiger charge is 1.97. The lowest BCUT2D eigenvalue weighted by atomic mass is 10.2. The van der Waals surface area contributed by atoms with Gasteiger partial charge >= 0.3 is 0 Å². The molecule has 1 atom stereocenters. The summed E-state index contributed by atoms with van der Waals surface area (Å²) in [5.74, 6) is -0.0443. The molecule has 0 rings (SSSR count). The normalized spacial score (nSPS) is 13.0. The van der Waals surface area contributed by atoms with Gasteiger partial charge in [0.2, 0.25) is 0 Å². The van der Waals surface area contributed by atoms with Crippen molar-refractivity contribution < 1.29 is 9.47 Å². The number of nitrogens with zero attached hydrogens (tertiary/aromatic N) is 2. The van der Waals surface area contributed by atoms with Gasteiger partial charge in [-0.3, -0.25) is 4.99 Å². The second kappa shape index (κ2) is 9.17. The Bertz CT molecular complexity index is 175. The van der Waals surface area contributed by atoms with Gasteiger partial charge in [-0.05, 0) is 6.92 Å². The summed E-state index contributed by atoms with van der Waals surface area (Å²) in [4.78, 5) is 3.76. The largest absolute Gasteiger partial charge is 0.378 e. The fourth-order valence-electron chi connectivity index (χ4n) is 0.626. The quantitative estimate of drug-likeness (QED) is 0.436. The predicted octanol–water partition coefficient (Wildman–Crippen LogP) is 0.880. The molecule has 1 unspecified atom stereocenters. The van der Waals surface area contributed by atoms with Gasteiger partial charge in [0, 0.05) is 13.3 Å². The molecule has 0 radical (unpaired) electrons. The van der Waals surface area contributed by atoms with E-state index in [-0.39, 0.29) is 5.92 Å². The first-order valence-corrected chi connectivity index (χ1v) is 4.27. The zero-order valence-electron chi connectivity index (χ0n) is 8.19. The first kappa shape index (κ1) is 12.1. The molecule has 0 aromatic carbocycles. The minimum atomic E-state index is -0.0443. The molecule has 0 saturated carbocycles. The molecule has 0 aliphatic heterocycles. The number of hydrogen-bond donors (Lipinski definition) is 0. The number of ether oxygens (including phenoxy) is 2. The van der Waals surface area contributed by atoms with E-state index in [9.17, 15) is 0 Å². The third-order valence-electron chi connectivity index (χ3n) is 1.34. The van der Waals surface area contributed by atoms with Gasteiger partial charge < -0.3 is 9.47 Å². The highest BCUT2D eigenvalue weighted by Crippen LogP contribution is 1.91. The van der Waals surface area contributed by atoms with Crippen molar-refractivity contribution in [3.63, 3.8) is 0 Å². The predicted molar refractivity (Wildman–Crippen MR) is 50.8 cm³/mol. The topological polar surface area (TPSA) is 54.6 Å². The van der Waals surface area contributed by atoms with Gasteiger partial charge in [-0.25, -0.2) is 0 Å². The van der Waals surface area contributed by atoms with Crippen LogP contribution in [0.2, 0.25) is 0 Å². The highest BCUT2D eigenvalue weighted by atomic mass is 16.5. The molecule has 0 heterocycles. The van der Waals surface area contributed by atoms with Gasteiger partial charge in [0.15, 0.2) is 0 Å². The summed E-state index contributed by atoms with van der Waals surface area (Å²) in [6, 6.07) is 2.09. The fourth-order valence-corrected chi connectivity index (χ4v) is 0.626. The van der Waals surface area contributed by atoms with E-state index in [0.29, 0.717) is 26.4 Å². The van der Waals surface area contributed by atoms with Crippen molar-refractivity contribution in [2.24, 2.45) is 10.9 Å². The van der Waals surface area contributed by atoms with Crippen molar-refractivity contribution in [3.05, 3.63) is 0 Å². The Labute approximate surface area is 79.2 Å². The van der Waals surface area contributed by atoms with E-state index in [2.05, 4.69) is 11.1 Å². The smallest absolute Gasteiger partial charge is 0.0815 e. The van der Waals surface area contributed by atoms with E-state index in [1.54, 1.807) is 13.3 Å². The van der Waals surface area contributed by atoms with Crippen LogP contribution in [0, 0.1) is 17.2 Å². The molecule has 4 heteroatoms. The Morgan fingerprint density at radius 1 is 1.46 bits per heavy atom. The molecule has 0 bridgehead atoms. The van der Waals surface area contributed by atoms with Crippen LogP contribution in [0.25, 0.3) is 0 Å². The molecule has 0 spiro atoms. The third kappa shape index (κ3) is 8.99. The van der Waals surface area contributed by atoms with E-state index >= 15 is 0 Å². The number of hydrogen-bond acceptors (Lipinski definition) is 4. The van der Waals surface area contributed by atoms with Crippen LogP contribution in [0.5, 0.6) is 0 Å². The van der Waals surface area contributed by atoms with Crippen LogP contribution in [0.3, 0.4) is 0 Å². The molecule has 13 heavy (non-hydrogen) atoms. The van der Waals surface area contributed by atoms with Gasteiger partial charge in [-0.1, -0.05) is 0 Å². The summed E-state index contributed by atoms with van der Waals surface area (Å²) in [5.41, 5.74) is 0. The maximum absolute atomic E-state index is 8.43. The van der Waals surface area contributed by atoms with Crippen molar-refractivity contribution in [2.45, 2.75) is 6.92 Å². The zero-order chi connectivity index (χ0) is 9.94. The monoisotopic (exact) mass is 184 g/mol. The van der Waals surface area contributed by atoms with E-state index in [1.165, 1.54) is 0 Å². The summed E-state index contributed by atoms with van der Waals surface area (Å²) in [6.45, 7) is 3.90. The lowest BCUT2D eigenvalue weighted by Gasteiger charge is -2.04. The molecule has 0 aliphatic rings. The maximum atomic E-state index is 8.43. The molecule has 0 fully saturated rings. The van der Waals surface area contributed by atoms with E-state index < -0.39 is 0 Å². The van der Waals surface area contributed by atoms with Crippen LogP contribution in [0.4, 0.5) is 0 Å². The molecule has 0 aromatic rings. The minimum Gasteiger partial charge on any atom is -0.378 e. The third-order valence-corrected chi connectivity index (χ3v) is 1.34. The lowest BCUT2D eigenvalue weighted by molar-refractivity contribution is 0.0548. The molecule has 0 aliphatic carbocycles. The maximum Gasteiger partial charge on any atom is 0.0815 e. The molecule has 74 valence electrons. The van der Waals surface area contributed by atoms with Gasteiger partial charge in [0.25, 0.3) is 0 Å². The van der Waals surface area contributed by atoms with Crippen LogP contribution in [0.15, 0.2) is 4.99 Å².